The van der Waals surface area contributed by atoms with Crippen LogP contribution in [0.15, 0.2) is 0 Å². The Morgan fingerprint density at radius 1 is 1.47 bits per heavy atom. The number of amides is 1. The van der Waals surface area contributed by atoms with Crippen LogP contribution in [-0.2, 0) is 4.79 Å². The summed E-state index contributed by atoms with van der Waals surface area (Å²) < 4.78 is 0. The fraction of sp³-hybridized carbons (Fsp3) is 0.909. The molecule has 4 heteroatoms. The maximum absolute atomic E-state index is 11.6. The fourth-order valence-corrected chi connectivity index (χ4v) is 1.80. The minimum Gasteiger partial charge on any atom is -0.352 e. The summed E-state index contributed by atoms with van der Waals surface area (Å²) in [6, 6.07) is -0.0979. The second kappa shape index (κ2) is 9.04. The Bertz CT molecular complexity index is 176. The van der Waals surface area contributed by atoms with E-state index in [4.69, 9.17) is 5.73 Å². The zero-order chi connectivity index (χ0) is 11.7. The van der Waals surface area contributed by atoms with Gasteiger partial charge in [-0.05, 0) is 31.8 Å². The average molecular weight is 232 g/mol. The minimum absolute atomic E-state index is 0.00680. The van der Waals surface area contributed by atoms with Crippen molar-refractivity contribution < 1.29 is 4.79 Å². The molecule has 0 heterocycles. The summed E-state index contributed by atoms with van der Waals surface area (Å²) >= 11 is 1.72. The van der Waals surface area contributed by atoms with Gasteiger partial charge in [-0.1, -0.05) is 19.8 Å². The minimum atomic E-state index is -0.346. The number of nitrogens with one attached hydrogen (secondary N) is 1. The maximum atomic E-state index is 11.6. The Balaban J connectivity index is 3.70. The van der Waals surface area contributed by atoms with Crippen molar-refractivity contribution in [2.24, 2.45) is 5.73 Å². The van der Waals surface area contributed by atoms with Gasteiger partial charge in [-0.2, -0.15) is 11.8 Å². The third-order valence-corrected chi connectivity index (χ3v) is 2.99. The number of carbonyl (C=O) groups excluding carboxylic acids is 1. The molecule has 0 spiro atoms. The molecule has 0 aromatic rings. The normalized spacial score (nSPS) is 14.7. The van der Waals surface area contributed by atoms with Crippen molar-refractivity contribution in [3.8, 4) is 0 Å². The second-order valence-corrected chi connectivity index (χ2v) is 4.93. The number of hydrogen-bond donors (Lipinski definition) is 2. The average Bonchev–Trinajstić information content (AvgIpc) is 2.22. The highest BCUT2D eigenvalue weighted by Crippen LogP contribution is 2.02. The van der Waals surface area contributed by atoms with Crippen LogP contribution in [-0.4, -0.2) is 30.0 Å². The summed E-state index contributed by atoms with van der Waals surface area (Å²) in [5, 5.41) is 2.95. The van der Waals surface area contributed by atoms with Crippen LogP contribution in [0.5, 0.6) is 0 Å². The zero-order valence-electron chi connectivity index (χ0n) is 10.1. The maximum Gasteiger partial charge on any atom is 0.237 e. The van der Waals surface area contributed by atoms with Gasteiger partial charge in [-0.3, -0.25) is 4.79 Å². The quantitative estimate of drug-likeness (QED) is 0.670. The van der Waals surface area contributed by atoms with Crippen LogP contribution >= 0.6 is 11.8 Å². The van der Waals surface area contributed by atoms with Crippen LogP contribution in [0.2, 0.25) is 0 Å². The third-order valence-electron chi connectivity index (χ3n) is 2.35. The Kier molecular flexibility index (Phi) is 8.91. The summed E-state index contributed by atoms with van der Waals surface area (Å²) in [6.45, 7) is 4.19. The molecule has 0 aromatic heterocycles. The van der Waals surface area contributed by atoms with Crippen molar-refractivity contribution in [3.05, 3.63) is 0 Å². The van der Waals surface area contributed by atoms with Crippen LogP contribution in [0.25, 0.3) is 0 Å². The van der Waals surface area contributed by atoms with E-state index in [-0.39, 0.29) is 18.0 Å². The van der Waals surface area contributed by atoms with Gasteiger partial charge < -0.3 is 11.1 Å². The van der Waals surface area contributed by atoms with E-state index in [1.165, 1.54) is 6.42 Å². The smallest absolute Gasteiger partial charge is 0.237 e. The van der Waals surface area contributed by atoms with Gasteiger partial charge in [-0.15, -0.1) is 0 Å². The third kappa shape index (κ3) is 7.68. The molecule has 1 amide bonds. The lowest BCUT2D eigenvalue weighted by molar-refractivity contribution is -0.123. The summed E-state index contributed by atoms with van der Waals surface area (Å²) in [4.78, 5) is 11.6. The number of unbranched alkanes of at least 4 members (excludes halogenated alkanes) is 1. The number of rotatable bonds is 8. The van der Waals surface area contributed by atoms with Crippen molar-refractivity contribution >= 4 is 17.7 Å². The molecule has 90 valence electrons. The largest absolute Gasteiger partial charge is 0.352 e. The summed E-state index contributed by atoms with van der Waals surface area (Å²) in [7, 11) is 0. The molecule has 15 heavy (non-hydrogen) atoms. The van der Waals surface area contributed by atoms with E-state index in [1.807, 2.05) is 13.2 Å². The highest BCUT2D eigenvalue weighted by Gasteiger charge is 2.14. The highest BCUT2D eigenvalue weighted by atomic mass is 32.2. The van der Waals surface area contributed by atoms with Gasteiger partial charge in [-0.25, -0.2) is 0 Å². The molecule has 0 saturated carbocycles. The van der Waals surface area contributed by atoms with E-state index >= 15 is 0 Å². The number of nitrogens with two attached hydrogens (primary N) is 1. The summed E-state index contributed by atoms with van der Waals surface area (Å²) in [6.07, 6.45) is 6.14. The molecule has 0 fully saturated rings. The van der Waals surface area contributed by atoms with Crippen LogP contribution in [0.4, 0.5) is 0 Å². The Morgan fingerprint density at radius 2 is 2.13 bits per heavy atom. The Hall–Kier alpha value is -0.220. The molecular weight excluding hydrogens is 208 g/mol. The predicted molar refractivity (Wildman–Crippen MR) is 68.1 cm³/mol. The van der Waals surface area contributed by atoms with Crippen molar-refractivity contribution in [1.29, 1.82) is 0 Å². The summed E-state index contributed by atoms with van der Waals surface area (Å²) in [5.41, 5.74) is 5.75. The van der Waals surface area contributed by atoms with Crippen LogP contribution < -0.4 is 11.1 Å². The van der Waals surface area contributed by atoms with E-state index in [2.05, 4.69) is 12.2 Å². The molecule has 0 aliphatic rings. The molecule has 3 nitrogen and oxygen atoms in total. The highest BCUT2D eigenvalue weighted by molar-refractivity contribution is 7.98. The number of thioether (sulfide) groups is 1. The molecule has 3 N–H and O–H groups in total. The van der Waals surface area contributed by atoms with Crippen molar-refractivity contribution in [3.63, 3.8) is 0 Å². The first-order chi connectivity index (χ1) is 7.11. The lowest BCUT2D eigenvalue weighted by Gasteiger charge is -2.17. The van der Waals surface area contributed by atoms with Gasteiger partial charge in [0, 0.05) is 6.04 Å². The number of carbonyl (C=O) groups is 1. The molecule has 0 aliphatic heterocycles. The molecule has 0 bridgehead atoms. The molecule has 0 aliphatic carbocycles. The zero-order valence-corrected chi connectivity index (χ0v) is 10.9. The first-order valence-corrected chi connectivity index (χ1v) is 7.06. The first-order valence-electron chi connectivity index (χ1n) is 5.66. The number of hydrogen-bond acceptors (Lipinski definition) is 3. The van der Waals surface area contributed by atoms with Crippen LogP contribution in [0, 0.1) is 0 Å². The van der Waals surface area contributed by atoms with Gasteiger partial charge in [0.1, 0.15) is 0 Å². The molecule has 0 rings (SSSR count). The van der Waals surface area contributed by atoms with Crippen molar-refractivity contribution in [2.75, 3.05) is 12.0 Å². The fourth-order valence-electron chi connectivity index (χ4n) is 1.31. The van der Waals surface area contributed by atoms with E-state index in [9.17, 15) is 4.79 Å². The molecule has 0 aromatic carbocycles. The van der Waals surface area contributed by atoms with Gasteiger partial charge in [0.05, 0.1) is 6.04 Å². The van der Waals surface area contributed by atoms with Gasteiger partial charge in [0.15, 0.2) is 0 Å². The second-order valence-electron chi connectivity index (χ2n) is 3.94. The van der Waals surface area contributed by atoms with Crippen molar-refractivity contribution in [2.45, 2.75) is 51.6 Å². The van der Waals surface area contributed by atoms with Gasteiger partial charge >= 0.3 is 0 Å². The molecule has 2 atom stereocenters. The van der Waals surface area contributed by atoms with E-state index in [0.29, 0.717) is 0 Å². The lowest BCUT2D eigenvalue weighted by Crippen LogP contribution is -2.44. The molecular formula is C11H24N2OS. The van der Waals surface area contributed by atoms with Gasteiger partial charge in [0.2, 0.25) is 5.91 Å². The standard InChI is InChI=1S/C11H24N2OS/c1-4-5-6-9(2)13-11(14)10(12)7-8-15-3/h9-10H,4-8,12H2,1-3H3,(H,13,14)/t9?,10-/m1/s1. The van der Waals surface area contributed by atoms with Crippen LogP contribution in [0.3, 0.4) is 0 Å². The first kappa shape index (κ1) is 14.8. The topological polar surface area (TPSA) is 55.1 Å². The van der Waals surface area contributed by atoms with Gasteiger partial charge in [0.25, 0.3) is 0 Å². The predicted octanol–water partition coefficient (Wildman–Crippen LogP) is 1.76. The monoisotopic (exact) mass is 232 g/mol. The van der Waals surface area contributed by atoms with Crippen molar-refractivity contribution in [1.82, 2.24) is 5.32 Å². The lowest BCUT2D eigenvalue weighted by atomic mass is 10.1. The van der Waals surface area contributed by atoms with E-state index < -0.39 is 0 Å². The Morgan fingerprint density at radius 3 is 2.67 bits per heavy atom. The van der Waals surface area contributed by atoms with E-state index in [0.717, 1.165) is 25.0 Å². The summed E-state index contributed by atoms with van der Waals surface area (Å²) in [5.74, 6) is 0.936. The van der Waals surface area contributed by atoms with E-state index in [1.54, 1.807) is 11.8 Å². The molecule has 1 unspecified atom stereocenters. The van der Waals surface area contributed by atoms with Crippen LogP contribution in [0.1, 0.15) is 39.5 Å². The Labute approximate surface area is 97.6 Å². The SMILES string of the molecule is CCCCC(C)NC(=O)[C@H](N)CCSC. The molecule has 0 saturated heterocycles. The molecule has 0 radical (unpaired) electrons.